The highest BCUT2D eigenvalue weighted by Crippen LogP contribution is 2.24. The second kappa shape index (κ2) is 5.83. The Morgan fingerprint density at radius 3 is 2.56 bits per heavy atom. The van der Waals surface area contributed by atoms with Gasteiger partial charge in [0.25, 0.3) is 0 Å². The van der Waals surface area contributed by atoms with E-state index in [4.69, 9.17) is 0 Å². The fourth-order valence-electron chi connectivity index (χ4n) is 2.02. The standard InChI is InChI=1S/C15H21N3/c1-11(2)8-17-15-14-7-5-4-6-13(14)12(9-16-3)10-18-15/h4-7,10-11,16H,8-9H2,1-3H3,(H,17,18). The topological polar surface area (TPSA) is 37.0 Å². The van der Waals surface area contributed by atoms with E-state index in [1.54, 1.807) is 0 Å². The molecule has 0 saturated carbocycles. The Balaban J connectivity index is 2.40. The van der Waals surface area contributed by atoms with Gasteiger partial charge in [-0.1, -0.05) is 38.1 Å². The van der Waals surface area contributed by atoms with Crippen LogP contribution in [0, 0.1) is 5.92 Å². The van der Waals surface area contributed by atoms with E-state index >= 15 is 0 Å². The van der Waals surface area contributed by atoms with E-state index in [1.165, 1.54) is 16.3 Å². The number of pyridine rings is 1. The summed E-state index contributed by atoms with van der Waals surface area (Å²) in [6.45, 7) is 6.19. The molecule has 2 rings (SSSR count). The van der Waals surface area contributed by atoms with Gasteiger partial charge in [-0.2, -0.15) is 0 Å². The summed E-state index contributed by atoms with van der Waals surface area (Å²) in [5.41, 5.74) is 1.24. The third kappa shape index (κ3) is 2.79. The van der Waals surface area contributed by atoms with Crippen molar-refractivity contribution in [3.05, 3.63) is 36.0 Å². The molecule has 0 aliphatic rings. The van der Waals surface area contributed by atoms with Gasteiger partial charge < -0.3 is 10.6 Å². The number of anilines is 1. The van der Waals surface area contributed by atoms with Crippen LogP contribution in [0.4, 0.5) is 5.82 Å². The lowest BCUT2D eigenvalue weighted by atomic mass is 10.1. The number of rotatable bonds is 5. The van der Waals surface area contributed by atoms with Crippen LogP contribution in [-0.4, -0.2) is 18.6 Å². The van der Waals surface area contributed by atoms with Gasteiger partial charge in [-0.3, -0.25) is 0 Å². The number of fused-ring (bicyclic) bond motifs is 1. The van der Waals surface area contributed by atoms with Crippen LogP contribution in [0.3, 0.4) is 0 Å². The number of nitrogens with one attached hydrogen (secondary N) is 2. The first-order valence-corrected chi connectivity index (χ1v) is 6.47. The van der Waals surface area contributed by atoms with E-state index in [-0.39, 0.29) is 0 Å². The molecule has 3 heteroatoms. The van der Waals surface area contributed by atoms with Gasteiger partial charge in [0.2, 0.25) is 0 Å². The highest BCUT2D eigenvalue weighted by molar-refractivity contribution is 5.93. The van der Waals surface area contributed by atoms with E-state index < -0.39 is 0 Å². The van der Waals surface area contributed by atoms with Crippen LogP contribution >= 0.6 is 0 Å². The number of aromatic nitrogens is 1. The first kappa shape index (κ1) is 12.8. The number of hydrogen-bond acceptors (Lipinski definition) is 3. The molecule has 0 aliphatic heterocycles. The molecule has 0 spiro atoms. The molecule has 1 aromatic heterocycles. The summed E-state index contributed by atoms with van der Waals surface area (Å²) < 4.78 is 0. The van der Waals surface area contributed by atoms with Gasteiger partial charge in [0.1, 0.15) is 5.82 Å². The normalized spacial score (nSPS) is 11.1. The highest BCUT2D eigenvalue weighted by Gasteiger charge is 2.06. The second-order valence-electron chi connectivity index (χ2n) is 4.98. The van der Waals surface area contributed by atoms with Crippen molar-refractivity contribution in [2.24, 2.45) is 5.92 Å². The molecule has 0 radical (unpaired) electrons. The monoisotopic (exact) mass is 243 g/mol. The van der Waals surface area contributed by atoms with Gasteiger partial charge in [-0.05, 0) is 23.9 Å². The van der Waals surface area contributed by atoms with Crippen LogP contribution in [0.25, 0.3) is 10.8 Å². The minimum absolute atomic E-state index is 0.613. The Kier molecular flexibility index (Phi) is 4.15. The molecule has 0 bridgehead atoms. The van der Waals surface area contributed by atoms with Crippen molar-refractivity contribution in [3.8, 4) is 0 Å². The molecule has 1 heterocycles. The summed E-state index contributed by atoms with van der Waals surface area (Å²) in [7, 11) is 1.96. The zero-order chi connectivity index (χ0) is 13.0. The minimum Gasteiger partial charge on any atom is -0.369 e. The zero-order valence-corrected chi connectivity index (χ0v) is 11.3. The van der Waals surface area contributed by atoms with E-state index in [0.717, 1.165) is 18.9 Å². The van der Waals surface area contributed by atoms with E-state index in [1.807, 2.05) is 13.2 Å². The van der Waals surface area contributed by atoms with Crippen molar-refractivity contribution >= 4 is 16.6 Å². The molecule has 0 atom stereocenters. The molecule has 18 heavy (non-hydrogen) atoms. The molecule has 0 saturated heterocycles. The van der Waals surface area contributed by atoms with Crippen LogP contribution in [0.2, 0.25) is 0 Å². The van der Waals surface area contributed by atoms with Gasteiger partial charge >= 0.3 is 0 Å². The lowest BCUT2D eigenvalue weighted by molar-refractivity contribution is 0.687. The Hall–Kier alpha value is -1.61. The lowest BCUT2D eigenvalue weighted by Gasteiger charge is -2.13. The molecule has 96 valence electrons. The molecule has 0 aliphatic carbocycles. The van der Waals surface area contributed by atoms with E-state index in [9.17, 15) is 0 Å². The number of nitrogens with zero attached hydrogens (tertiary/aromatic N) is 1. The summed E-state index contributed by atoms with van der Waals surface area (Å²) in [5.74, 6) is 1.60. The number of hydrogen-bond donors (Lipinski definition) is 2. The molecule has 2 aromatic rings. The molecular weight excluding hydrogens is 222 g/mol. The molecule has 2 N–H and O–H groups in total. The van der Waals surface area contributed by atoms with Crippen molar-refractivity contribution in [2.45, 2.75) is 20.4 Å². The van der Waals surface area contributed by atoms with Gasteiger partial charge in [0.15, 0.2) is 0 Å². The first-order valence-electron chi connectivity index (χ1n) is 6.47. The van der Waals surface area contributed by atoms with Crippen LogP contribution < -0.4 is 10.6 Å². The molecule has 3 nitrogen and oxygen atoms in total. The fraction of sp³-hybridized carbons (Fsp3) is 0.400. The van der Waals surface area contributed by atoms with E-state index in [2.05, 4.69) is 53.7 Å². The van der Waals surface area contributed by atoms with Crippen LogP contribution in [-0.2, 0) is 6.54 Å². The van der Waals surface area contributed by atoms with Crippen LogP contribution in [0.5, 0.6) is 0 Å². The minimum atomic E-state index is 0.613. The molecule has 0 unspecified atom stereocenters. The van der Waals surface area contributed by atoms with E-state index in [0.29, 0.717) is 5.92 Å². The third-order valence-corrected chi connectivity index (χ3v) is 2.92. The Labute approximate surface area is 109 Å². The quantitative estimate of drug-likeness (QED) is 0.847. The molecule has 1 aromatic carbocycles. The Bertz CT molecular complexity index is 520. The summed E-state index contributed by atoms with van der Waals surface area (Å²) in [5, 5.41) is 9.08. The van der Waals surface area contributed by atoms with Crippen molar-refractivity contribution in [1.82, 2.24) is 10.3 Å². The van der Waals surface area contributed by atoms with Gasteiger partial charge in [0.05, 0.1) is 0 Å². The predicted octanol–water partition coefficient (Wildman–Crippen LogP) is 3.02. The summed E-state index contributed by atoms with van der Waals surface area (Å²) >= 11 is 0. The van der Waals surface area contributed by atoms with Crippen molar-refractivity contribution in [2.75, 3.05) is 18.9 Å². The van der Waals surface area contributed by atoms with Gasteiger partial charge in [-0.25, -0.2) is 4.98 Å². The van der Waals surface area contributed by atoms with Crippen LogP contribution in [0.15, 0.2) is 30.5 Å². The summed E-state index contributed by atoms with van der Waals surface area (Å²) in [6.07, 6.45) is 1.96. The second-order valence-corrected chi connectivity index (χ2v) is 4.98. The lowest BCUT2D eigenvalue weighted by Crippen LogP contribution is -2.11. The first-order chi connectivity index (χ1) is 8.72. The van der Waals surface area contributed by atoms with Crippen molar-refractivity contribution in [3.63, 3.8) is 0 Å². The predicted molar refractivity (Wildman–Crippen MR) is 77.8 cm³/mol. The SMILES string of the molecule is CNCc1cnc(NCC(C)C)c2ccccc12. The fourth-order valence-corrected chi connectivity index (χ4v) is 2.02. The van der Waals surface area contributed by atoms with Crippen LogP contribution in [0.1, 0.15) is 19.4 Å². The number of benzene rings is 1. The Morgan fingerprint density at radius 1 is 1.17 bits per heavy atom. The summed E-state index contributed by atoms with van der Waals surface area (Å²) in [6, 6.07) is 8.43. The Morgan fingerprint density at radius 2 is 1.89 bits per heavy atom. The zero-order valence-electron chi connectivity index (χ0n) is 11.3. The smallest absolute Gasteiger partial charge is 0.133 e. The average Bonchev–Trinajstić information content (AvgIpc) is 2.38. The van der Waals surface area contributed by atoms with Crippen molar-refractivity contribution in [1.29, 1.82) is 0 Å². The maximum Gasteiger partial charge on any atom is 0.133 e. The molecule has 0 amide bonds. The van der Waals surface area contributed by atoms with Gasteiger partial charge in [0, 0.05) is 24.7 Å². The highest BCUT2D eigenvalue weighted by atomic mass is 15.0. The maximum atomic E-state index is 4.55. The van der Waals surface area contributed by atoms with Gasteiger partial charge in [-0.15, -0.1) is 0 Å². The largest absolute Gasteiger partial charge is 0.369 e. The molecular formula is C15H21N3. The van der Waals surface area contributed by atoms with Crippen molar-refractivity contribution < 1.29 is 0 Å². The third-order valence-electron chi connectivity index (χ3n) is 2.92. The molecule has 0 fully saturated rings. The summed E-state index contributed by atoms with van der Waals surface area (Å²) in [4.78, 5) is 4.55. The average molecular weight is 243 g/mol. The maximum absolute atomic E-state index is 4.55.